The van der Waals surface area contributed by atoms with Gasteiger partial charge in [0.05, 0.1) is 11.1 Å². The Morgan fingerprint density at radius 3 is 2.67 bits per heavy atom. The van der Waals surface area contributed by atoms with Crippen molar-refractivity contribution in [1.29, 1.82) is 0 Å². The van der Waals surface area contributed by atoms with Gasteiger partial charge in [0.25, 0.3) is 5.91 Å². The number of rotatable bonds is 4. The minimum absolute atomic E-state index is 0.211. The second kappa shape index (κ2) is 8.18. The number of nitrogens with zero attached hydrogens (tertiary/aromatic N) is 4. The maximum absolute atomic E-state index is 13.7. The van der Waals surface area contributed by atoms with Crippen LogP contribution in [0.3, 0.4) is 0 Å². The molecule has 5 nitrogen and oxygen atoms in total. The maximum atomic E-state index is 13.7. The smallest absolute Gasteiger partial charge is 0.254 e. The van der Waals surface area contributed by atoms with Crippen molar-refractivity contribution in [3.05, 3.63) is 35.9 Å². The predicted octanol–water partition coefficient (Wildman–Crippen LogP) is 4.03. The number of pyridine rings is 1. The molecule has 30 heavy (non-hydrogen) atoms. The molecule has 0 radical (unpaired) electrons. The molecule has 2 unspecified atom stereocenters. The standard InChI is InChI=1S/C25H34N4O/c1-18(2)17-27-12-14-28(15-13-27)24-16-21(20-7-3-4-8-22(20)26-24)25(30)29-11-10-19-6-5-9-23(19)29/h3-4,7-8,16,18-19,23H,5-6,9-15,17H2,1-2H3. The van der Waals surface area contributed by atoms with Crippen molar-refractivity contribution in [3.63, 3.8) is 0 Å². The van der Waals surface area contributed by atoms with Crippen LogP contribution in [0.15, 0.2) is 30.3 Å². The van der Waals surface area contributed by atoms with Gasteiger partial charge in [-0.25, -0.2) is 4.98 Å². The van der Waals surface area contributed by atoms with Crippen LogP contribution in [-0.4, -0.2) is 66.0 Å². The topological polar surface area (TPSA) is 39.7 Å². The summed E-state index contributed by atoms with van der Waals surface area (Å²) in [7, 11) is 0. The summed E-state index contributed by atoms with van der Waals surface area (Å²) in [6.45, 7) is 10.7. The van der Waals surface area contributed by atoms with Gasteiger partial charge in [-0.15, -0.1) is 0 Å². The number of likely N-dealkylation sites (tertiary alicyclic amines) is 1. The molecule has 2 aromatic rings. The third-order valence-electron chi connectivity index (χ3n) is 7.27. The van der Waals surface area contributed by atoms with E-state index in [-0.39, 0.29) is 5.91 Å². The monoisotopic (exact) mass is 406 g/mol. The molecule has 3 heterocycles. The molecule has 1 aromatic carbocycles. The van der Waals surface area contributed by atoms with Gasteiger partial charge in [-0.2, -0.15) is 0 Å². The zero-order chi connectivity index (χ0) is 20.7. The van der Waals surface area contributed by atoms with Crippen molar-refractivity contribution >= 4 is 22.6 Å². The van der Waals surface area contributed by atoms with Crippen molar-refractivity contribution in [2.45, 2.75) is 45.6 Å². The molecule has 1 aromatic heterocycles. The molecular formula is C25H34N4O. The number of hydrogen-bond donors (Lipinski definition) is 0. The van der Waals surface area contributed by atoms with E-state index in [9.17, 15) is 4.79 Å². The number of benzene rings is 1. The van der Waals surface area contributed by atoms with Gasteiger partial charge >= 0.3 is 0 Å². The average molecular weight is 407 g/mol. The van der Waals surface area contributed by atoms with Gasteiger partial charge < -0.3 is 9.80 Å². The highest BCUT2D eigenvalue weighted by molar-refractivity contribution is 6.07. The van der Waals surface area contributed by atoms with E-state index in [2.05, 4.69) is 40.7 Å². The number of carbonyl (C=O) groups is 1. The Kier molecular flexibility index (Phi) is 5.40. The summed E-state index contributed by atoms with van der Waals surface area (Å²) in [6.07, 6.45) is 4.90. The fourth-order valence-corrected chi connectivity index (χ4v) is 5.82. The summed E-state index contributed by atoms with van der Waals surface area (Å²) in [5.41, 5.74) is 1.78. The van der Waals surface area contributed by atoms with Crippen LogP contribution in [0, 0.1) is 11.8 Å². The largest absolute Gasteiger partial charge is 0.354 e. The SMILES string of the molecule is CC(C)CN1CCN(c2cc(C(=O)N3CCC4CCCC43)c3ccccc3n2)CC1. The van der Waals surface area contributed by atoms with E-state index in [4.69, 9.17) is 4.98 Å². The van der Waals surface area contributed by atoms with Crippen molar-refractivity contribution in [2.24, 2.45) is 11.8 Å². The summed E-state index contributed by atoms with van der Waals surface area (Å²) in [4.78, 5) is 25.7. The van der Waals surface area contributed by atoms with Crippen LogP contribution < -0.4 is 4.90 Å². The fraction of sp³-hybridized carbons (Fsp3) is 0.600. The van der Waals surface area contributed by atoms with E-state index in [1.165, 1.54) is 25.7 Å². The van der Waals surface area contributed by atoms with E-state index >= 15 is 0 Å². The summed E-state index contributed by atoms with van der Waals surface area (Å²) in [5.74, 6) is 2.58. The number of piperazine rings is 1. The lowest BCUT2D eigenvalue weighted by atomic mass is 10.0. The van der Waals surface area contributed by atoms with Crippen molar-refractivity contribution < 1.29 is 4.79 Å². The average Bonchev–Trinajstić information content (AvgIpc) is 3.36. The van der Waals surface area contributed by atoms with E-state index < -0.39 is 0 Å². The summed E-state index contributed by atoms with van der Waals surface area (Å²) < 4.78 is 0. The minimum atomic E-state index is 0.211. The zero-order valence-corrected chi connectivity index (χ0v) is 18.4. The third-order valence-corrected chi connectivity index (χ3v) is 7.27. The van der Waals surface area contributed by atoms with Gasteiger partial charge in [0, 0.05) is 50.7 Å². The first-order chi connectivity index (χ1) is 14.6. The fourth-order valence-electron chi connectivity index (χ4n) is 5.82. The molecule has 1 aliphatic carbocycles. The van der Waals surface area contributed by atoms with Crippen LogP contribution in [0.1, 0.15) is 49.9 Å². The molecule has 1 amide bonds. The molecule has 5 heteroatoms. The Morgan fingerprint density at radius 1 is 1.07 bits per heavy atom. The van der Waals surface area contributed by atoms with Gasteiger partial charge in [-0.05, 0) is 43.2 Å². The lowest BCUT2D eigenvalue weighted by Crippen LogP contribution is -2.47. The first-order valence-electron chi connectivity index (χ1n) is 11.8. The number of aromatic nitrogens is 1. The van der Waals surface area contributed by atoms with Crippen LogP contribution in [0.5, 0.6) is 0 Å². The molecule has 3 aliphatic rings. The van der Waals surface area contributed by atoms with Crippen LogP contribution in [-0.2, 0) is 0 Å². The van der Waals surface area contributed by atoms with Crippen molar-refractivity contribution in [1.82, 2.24) is 14.8 Å². The Hall–Kier alpha value is -2.14. The number of fused-ring (bicyclic) bond motifs is 2. The highest BCUT2D eigenvalue weighted by Gasteiger charge is 2.40. The van der Waals surface area contributed by atoms with Gasteiger partial charge in [-0.1, -0.05) is 38.5 Å². The molecule has 2 atom stereocenters. The Morgan fingerprint density at radius 2 is 1.87 bits per heavy atom. The number of carbonyl (C=O) groups excluding carboxylic acids is 1. The van der Waals surface area contributed by atoms with E-state index in [1.54, 1.807) is 0 Å². The van der Waals surface area contributed by atoms with Crippen LogP contribution in [0.4, 0.5) is 5.82 Å². The van der Waals surface area contributed by atoms with E-state index in [0.29, 0.717) is 12.0 Å². The van der Waals surface area contributed by atoms with Crippen LogP contribution in [0.25, 0.3) is 10.9 Å². The second-order valence-corrected chi connectivity index (χ2v) is 9.77. The third kappa shape index (κ3) is 3.68. The lowest BCUT2D eigenvalue weighted by molar-refractivity contribution is 0.0731. The molecule has 0 bridgehead atoms. The highest BCUT2D eigenvalue weighted by Crippen LogP contribution is 2.39. The number of para-hydroxylation sites is 1. The molecule has 160 valence electrons. The van der Waals surface area contributed by atoms with Crippen molar-refractivity contribution in [3.8, 4) is 0 Å². The van der Waals surface area contributed by atoms with E-state index in [0.717, 1.165) is 67.5 Å². The number of anilines is 1. The molecule has 0 N–H and O–H groups in total. The predicted molar refractivity (Wildman–Crippen MR) is 122 cm³/mol. The molecule has 2 saturated heterocycles. The van der Waals surface area contributed by atoms with E-state index in [1.807, 2.05) is 18.2 Å². The van der Waals surface area contributed by atoms with Gasteiger partial charge in [0.15, 0.2) is 0 Å². The number of amides is 1. The quantitative estimate of drug-likeness (QED) is 0.769. The first kappa shape index (κ1) is 19.8. The second-order valence-electron chi connectivity index (χ2n) is 9.77. The zero-order valence-electron chi connectivity index (χ0n) is 18.4. The van der Waals surface area contributed by atoms with Crippen molar-refractivity contribution in [2.75, 3.05) is 44.2 Å². The molecule has 3 fully saturated rings. The summed E-state index contributed by atoms with van der Waals surface area (Å²) in [5, 5.41) is 0.992. The van der Waals surface area contributed by atoms with Gasteiger partial charge in [-0.3, -0.25) is 9.69 Å². The molecule has 0 spiro atoms. The maximum Gasteiger partial charge on any atom is 0.254 e. The lowest BCUT2D eigenvalue weighted by Gasteiger charge is -2.36. The van der Waals surface area contributed by atoms with Gasteiger partial charge in [0.2, 0.25) is 0 Å². The van der Waals surface area contributed by atoms with Crippen LogP contribution >= 0.6 is 0 Å². The highest BCUT2D eigenvalue weighted by atomic mass is 16.2. The Bertz CT molecular complexity index is 919. The molecular weight excluding hydrogens is 372 g/mol. The number of hydrogen-bond acceptors (Lipinski definition) is 4. The molecule has 1 saturated carbocycles. The van der Waals surface area contributed by atoms with Gasteiger partial charge in [0.1, 0.15) is 5.82 Å². The Balaban J connectivity index is 1.43. The molecule has 2 aliphatic heterocycles. The first-order valence-corrected chi connectivity index (χ1v) is 11.8. The minimum Gasteiger partial charge on any atom is -0.354 e. The normalized spacial score (nSPS) is 24.8. The Labute approximate surface area is 180 Å². The summed E-state index contributed by atoms with van der Waals surface area (Å²) >= 11 is 0. The van der Waals surface area contributed by atoms with Crippen LogP contribution in [0.2, 0.25) is 0 Å². The summed E-state index contributed by atoms with van der Waals surface area (Å²) in [6, 6.07) is 10.7. The molecule has 5 rings (SSSR count).